The molecule has 0 saturated carbocycles. The quantitative estimate of drug-likeness (QED) is 0.755. The van der Waals surface area contributed by atoms with Crippen LogP contribution in [0.25, 0.3) is 0 Å². The normalized spacial score (nSPS) is 17.9. The molecule has 0 bridgehead atoms. The molecule has 1 rings (SSSR count). The van der Waals surface area contributed by atoms with Crippen LogP contribution in [0.4, 0.5) is 4.79 Å². The molecule has 0 aliphatic carbocycles. The lowest BCUT2D eigenvalue weighted by Crippen LogP contribution is -2.53. The van der Waals surface area contributed by atoms with Crippen LogP contribution in [-0.4, -0.2) is 48.8 Å². The Labute approximate surface area is 107 Å². The molecule has 0 radical (unpaired) electrons. The summed E-state index contributed by atoms with van der Waals surface area (Å²) in [6, 6.07) is -0.610. The Morgan fingerprint density at radius 3 is 2.39 bits per heavy atom. The van der Waals surface area contributed by atoms with Crippen molar-refractivity contribution in [3.63, 3.8) is 0 Å². The Morgan fingerprint density at radius 1 is 1.39 bits per heavy atom. The highest BCUT2D eigenvalue weighted by atomic mass is 16.6. The van der Waals surface area contributed by atoms with Crippen LogP contribution in [0.3, 0.4) is 0 Å². The molecular formula is C12H22N2O4. The van der Waals surface area contributed by atoms with E-state index in [2.05, 4.69) is 4.74 Å². The van der Waals surface area contributed by atoms with Crippen LogP contribution in [-0.2, 0) is 14.3 Å². The van der Waals surface area contributed by atoms with Crippen LogP contribution in [0.5, 0.6) is 0 Å². The molecule has 1 saturated heterocycles. The number of esters is 1. The van der Waals surface area contributed by atoms with Crippen LogP contribution in [0.15, 0.2) is 0 Å². The molecular weight excluding hydrogens is 236 g/mol. The SMILES string of the molecule is COC(=O)C(N)CC1CN(C(=O)OC(C)(C)C)C1. The Balaban J connectivity index is 2.28. The van der Waals surface area contributed by atoms with Gasteiger partial charge in [-0.15, -0.1) is 0 Å². The molecule has 6 heteroatoms. The summed E-state index contributed by atoms with van der Waals surface area (Å²) in [6.45, 7) is 6.65. The number of likely N-dealkylation sites (tertiary alicyclic amines) is 1. The molecule has 0 aromatic carbocycles. The fourth-order valence-corrected chi connectivity index (χ4v) is 1.80. The number of rotatable bonds is 3. The van der Waals surface area contributed by atoms with E-state index < -0.39 is 17.6 Å². The Hall–Kier alpha value is -1.30. The van der Waals surface area contributed by atoms with Gasteiger partial charge in [0.2, 0.25) is 0 Å². The van der Waals surface area contributed by atoms with Crippen molar-refractivity contribution in [3.8, 4) is 0 Å². The van der Waals surface area contributed by atoms with Gasteiger partial charge in [-0.3, -0.25) is 4.79 Å². The lowest BCUT2D eigenvalue weighted by Gasteiger charge is -2.40. The zero-order valence-electron chi connectivity index (χ0n) is 11.4. The van der Waals surface area contributed by atoms with Crippen molar-refractivity contribution < 1.29 is 19.1 Å². The van der Waals surface area contributed by atoms with Gasteiger partial charge in [0, 0.05) is 13.1 Å². The van der Waals surface area contributed by atoms with Crippen molar-refractivity contribution in [3.05, 3.63) is 0 Å². The third-order valence-electron chi connectivity index (χ3n) is 2.70. The maximum atomic E-state index is 11.6. The van der Waals surface area contributed by atoms with Gasteiger partial charge in [-0.2, -0.15) is 0 Å². The van der Waals surface area contributed by atoms with Gasteiger partial charge in [-0.25, -0.2) is 4.79 Å². The molecule has 18 heavy (non-hydrogen) atoms. The van der Waals surface area contributed by atoms with Gasteiger partial charge >= 0.3 is 12.1 Å². The van der Waals surface area contributed by atoms with E-state index in [4.69, 9.17) is 10.5 Å². The number of nitrogens with zero attached hydrogens (tertiary/aromatic N) is 1. The summed E-state index contributed by atoms with van der Waals surface area (Å²) < 4.78 is 9.78. The second-order valence-electron chi connectivity index (χ2n) is 5.62. The molecule has 0 aromatic heterocycles. The topological polar surface area (TPSA) is 81.9 Å². The highest BCUT2D eigenvalue weighted by molar-refractivity contribution is 5.75. The van der Waals surface area contributed by atoms with Gasteiger partial charge in [-0.1, -0.05) is 0 Å². The number of carbonyl (C=O) groups excluding carboxylic acids is 2. The summed E-state index contributed by atoms with van der Waals surface area (Å²) in [5.41, 5.74) is 5.17. The molecule has 0 spiro atoms. The zero-order valence-corrected chi connectivity index (χ0v) is 11.4. The van der Waals surface area contributed by atoms with Crippen molar-refractivity contribution in [1.29, 1.82) is 0 Å². The van der Waals surface area contributed by atoms with Crippen LogP contribution in [0, 0.1) is 5.92 Å². The van der Waals surface area contributed by atoms with Crippen molar-refractivity contribution in [2.24, 2.45) is 11.7 Å². The molecule has 1 heterocycles. The van der Waals surface area contributed by atoms with Crippen LogP contribution < -0.4 is 5.73 Å². The van der Waals surface area contributed by atoms with Gasteiger partial charge in [0.1, 0.15) is 11.6 Å². The number of amides is 1. The average molecular weight is 258 g/mol. The van der Waals surface area contributed by atoms with Crippen molar-refractivity contribution in [2.75, 3.05) is 20.2 Å². The molecule has 1 fully saturated rings. The predicted molar refractivity (Wildman–Crippen MR) is 65.9 cm³/mol. The van der Waals surface area contributed by atoms with Gasteiger partial charge in [0.05, 0.1) is 7.11 Å². The lowest BCUT2D eigenvalue weighted by molar-refractivity contribution is -0.142. The largest absolute Gasteiger partial charge is 0.468 e. The molecule has 1 atom stereocenters. The maximum Gasteiger partial charge on any atom is 0.410 e. The van der Waals surface area contributed by atoms with E-state index in [1.165, 1.54) is 7.11 Å². The molecule has 1 amide bonds. The van der Waals surface area contributed by atoms with Crippen molar-refractivity contribution >= 4 is 12.1 Å². The molecule has 1 unspecified atom stereocenters. The van der Waals surface area contributed by atoms with Crippen LogP contribution >= 0.6 is 0 Å². The van der Waals surface area contributed by atoms with Crippen molar-refractivity contribution in [2.45, 2.75) is 38.8 Å². The summed E-state index contributed by atoms with van der Waals surface area (Å²) in [6.07, 6.45) is 0.219. The van der Waals surface area contributed by atoms with Crippen molar-refractivity contribution in [1.82, 2.24) is 4.90 Å². The Bertz CT molecular complexity index is 319. The fraction of sp³-hybridized carbons (Fsp3) is 0.833. The van der Waals surface area contributed by atoms with E-state index in [1.54, 1.807) is 4.90 Å². The van der Waals surface area contributed by atoms with Crippen LogP contribution in [0.1, 0.15) is 27.2 Å². The van der Waals surface area contributed by atoms with E-state index in [0.29, 0.717) is 19.5 Å². The lowest BCUT2D eigenvalue weighted by atomic mass is 9.93. The first kappa shape index (κ1) is 14.8. The third-order valence-corrected chi connectivity index (χ3v) is 2.70. The average Bonchev–Trinajstić information content (AvgIpc) is 2.18. The Morgan fingerprint density at radius 2 is 1.94 bits per heavy atom. The Kier molecular flexibility index (Phi) is 4.56. The molecule has 2 N–H and O–H groups in total. The number of ether oxygens (including phenoxy) is 2. The molecule has 1 aliphatic heterocycles. The summed E-state index contributed by atoms with van der Waals surface area (Å²) in [5, 5.41) is 0. The summed E-state index contributed by atoms with van der Waals surface area (Å²) in [5.74, 6) is -0.169. The number of methoxy groups -OCH3 is 1. The minimum Gasteiger partial charge on any atom is -0.468 e. The van der Waals surface area contributed by atoms with Crippen LogP contribution in [0.2, 0.25) is 0 Å². The maximum absolute atomic E-state index is 11.6. The second kappa shape index (κ2) is 5.56. The number of hydrogen-bond acceptors (Lipinski definition) is 5. The van der Waals surface area contributed by atoms with Gasteiger partial charge in [0.25, 0.3) is 0 Å². The highest BCUT2D eigenvalue weighted by Gasteiger charge is 2.35. The minimum absolute atomic E-state index is 0.242. The molecule has 0 aromatic rings. The van der Waals surface area contributed by atoms with E-state index in [-0.39, 0.29) is 12.0 Å². The standard InChI is InChI=1S/C12H22N2O4/c1-12(2,3)18-11(16)14-6-8(7-14)5-9(13)10(15)17-4/h8-9H,5-7,13H2,1-4H3. The third kappa shape index (κ3) is 4.18. The smallest absolute Gasteiger partial charge is 0.410 e. The van der Waals surface area contributed by atoms with E-state index in [0.717, 1.165) is 0 Å². The summed E-state index contributed by atoms with van der Waals surface area (Å²) >= 11 is 0. The zero-order chi connectivity index (χ0) is 13.9. The summed E-state index contributed by atoms with van der Waals surface area (Å²) in [4.78, 5) is 24.4. The minimum atomic E-state index is -0.610. The van der Waals surface area contributed by atoms with E-state index in [9.17, 15) is 9.59 Å². The van der Waals surface area contributed by atoms with Gasteiger partial charge < -0.3 is 20.1 Å². The predicted octanol–water partition coefficient (Wildman–Crippen LogP) is 0.744. The van der Waals surface area contributed by atoms with Gasteiger partial charge in [0.15, 0.2) is 0 Å². The molecule has 1 aliphatic rings. The molecule has 104 valence electrons. The first-order valence-corrected chi connectivity index (χ1v) is 6.04. The number of hydrogen-bond donors (Lipinski definition) is 1. The first-order valence-electron chi connectivity index (χ1n) is 6.04. The van der Waals surface area contributed by atoms with Gasteiger partial charge in [-0.05, 0) is 33.1 Å². The van der Waals surface area contributed by atoms with E-state index in [1.807, 2.05) is 20.8 Å². The van der Waals surface area contributed by atoms with E-state index >= 15 is 0 Å². The monoisotopic (exact) mass is 258 g/mol. The summed E-state index contributed by atoms with van der Waals surface area (Å²) in [7, 11) is 1.32. The molecule has 6 nitrogen and oxygen atoms in total. The fourth-order valence-electron chi connectivity index (χ4n) is 1.80. The first-order chi connectivity index (χ1) is 8.23. The highest BCUT2D eigenvalue weighted by Crippen LogP contribution is 2.22. The second-order valence-corrected chi connectivity index (χ2v) is 5.62. The number of carbonyl (C=O) groups is 2. The number of nitrogens with two attached hydrogens (primary N) is 1.